The van der Waals surface area contributed by atoms with Gasteiger partial charge < -0.3 is 19.4 Å². The van der Waals surface area contributed by atoms with E-state index in [1.807, 2.05) is 0 Å². The number of carbonyl (C=O) groups excluding carboxylic acids is 1. The van der Waals surface area contributed by atoms with Crippen molar-refractivity contribution in [3.05, 3.63) is 35.4 Å². The molecule has 10 heteroatoms. The maximum Gasteiger partial charge on any atom is 0.393 e. The highest BCUT2D eigenvalue weighted by atomic mass is 19.4. The van der Waals surface area contributed by atoms with Crippen LogP contribution in [0, 0.1) is 5.92 Å². The smallest absolute Gasteiger partial charge is 0.393 e. The molecule has 2 aliphatic heterocycles. The van der Waals surface area contributed by atoms with E-state index in [-0.39, 0.29) is 45.1 Å². The van der Waals surface area contributed by atoms with Gasteiger partial charge in [-0.2, -0.15) is 13.2 Å². The molecule has 1 aromatic heterocycles. The van der Waals surface area contributed by atoms with Crippen molar-refractivity contribution >= 4 is 5.91 Å². The molecule has 0 spiro atoms. The molecule has 7 nitrogen and oxygen atoms in total. The SMILES string of the molecule is O=C(Cc1ccc2c(c1)OCO2)NCc1nnc2n1CC(C(F)(F)F)CC2. The summed E-state index contributed by atoms with van der Waals surface area (Å²) >= 11 is 0. The van der Waals surface area contributed by atoms with Gasteiger partial charge in [0.05, 0.1) is 18.9 Å². The number of hydrogen-bond donors (Lipinski definition) is 1. The number of alkyl halides is 3. The molecule has 2 aliphatic rings. The van der Waals surface area contributed by atoms with Crippen LogP contribution < -0.4 is 14.8 Å². The second kappa shape index (κ2) is 6.75. The van der Waals surface area contributed by atoms with Crippen molar-refractivity contribution in [1.82, 2.24) is 20.1 Å². The van der Waals surface area contributed by atoms with Crippen LogP contribution in [-0.2, 0) is 30.7 Å². The van der Waals surface area contributed by atoms with Crippen LogP contribution in [0.5, 0.6) is 11.5 Å². The molecule has 1 atom stereocenters. The molecule has 4 rings (SSSR count). The van der Waals surface area contributed by atoms with Crippen molar-refractivity contribution < 1.29 is 27.4 Å². The number of carbonyl (C=O) groups is 1. The van der Waals surface area contributed by atoms with Crippen molar-refractivity contribution in [2.45, 2.75) is 38.5 Å². The monoisotopic (exact) mass is 382 g/mol. The lowest BCUT2D eigenvalue weighted by Gasteiger charge is -2.26. The molecule has 0 aliphatic carbocycles. The topological polar surface area (TPSA) is 78.3 Å². The van der Waals surface area contributed by atoms with Gasteiger partial charge in [-0.25, -0.2) is 0 Å². The highest BCUT2D eigenvalue weighted by Gasteiger charge is 2.42. The van der Waals surface area contributed by atoms with E-state index in [1.54, 1.807) is 18.2 Å². The van der Waals surface area contributed by atoms with Crippen LogP contribution in [0.3, 0.4) is 0 Å². The first kappa shape index (κ1) is 17.6. The van der Waals surface area contributed by atoms with Crippen LogP contribution in [0.4, 0.5) is 13.2 Å². The second-order valence-corrected chi connectivity index (χ2v) is 6.56. The predicted molar refractivity (Wildman–Crippen MR) is 86.0 cm³/mol. The van der Waals surface area contributed by atoms with Crippen molar-refractivity contribution in [2.24, 2.45) is 5.92 Å². The van der Waals surface area contributed by atoms with Crippen LogP contribution in [-0.4, -0.2) is 33.6 Å². The lowest BCUT2D eigenvalue weighted by molar-refractivity contribution is -0.182. The molecule has 0 saturated carbocycles. The number of nitrogens with one attached hydrogen (secondary N) is 1. The Morgan fingerprint density at radius 1 is 1.26 bits per heavy atom. The third kappa shape index (κ3) is 3.69. The number of amides is 1. The van der Waals surface area contributed by atoms with Crippen LogP contribution in [0.2, 0.25) is 0 Å². The third-order valence-electron chi connectivity index (χ3n) is 4.73. The van der Waals surface area contributed by atoms with E-state index >= 15 is 0 Å². The first-order valence-corrected chi connectivity index (χ1v) is 8.53. The third-order valence-corrected chi connectivity index (χ3v) is 4.73. The van der Waals surface area contributed by atoms with E-state index < -0.39 is 12.1 Å². The molecule has 2 aromatic rings. The molecule has 0 bridgehead atoms. The molecule has 3 heterocycles. The van der Waals surface area contributed by atoms with Gasteiger partial charge in [-0.1, -0.05) is 6.07 Å². The number of hydrogen-bond acceptors (Lipinski definition) is 5. The number of ether oxygens (including phenoxy) is 2. The Morgan fingerprint density at radius 2 is 2.07 bits per heavy atom. The quantitative estimate of drug-likeness (QED) is 0.875. The van der Waals surface area contributed by atoms with Gasteiger partial charge in [-0.3, -0.25) is 4.79 Å². The van der Waals surface area contributed by atoms with Crippen molar-refractivity contribution in [2.75, 3.05) is 6.79 Å². The molecule has 27 heavy (non-hydrogen) atoms. The summed E-state index contributed by atoms with van der Waals surface area (Å²) in [5, 5.41) is 10.6. The zero-order chi connectivity index (χ0) is 19.0. The second-order valence-electron chi connectivity index (χ2n) is 6.56. The Bertz CT molecular complexity index is 866. The number of aryl methyl sites for hydroxylation is 1. The number of fused-ring (bicyclic) bond motifs is 2. The van der Waals surface area contributed by atoms with Gasteiger partial charge in [0, 0.05) is 13.0 Å². The summed E-state index contributed by atoms with van der Waals surface area (Å²) in [5.41, 5.74) is 0.747. The maximum atomic E-state index is 13.0. The largest absolute Gasteiger partial charge is 0.454 e. The van der Waals surface area contributed by atoms with E-state index in [0.29, 0.717) is 23.1 Å². The van der Waals surface area contributed by atoms with Crippen molar-refractivity contribution in [3.63, 3.8) is 0 Å². The number of halogens is 3. The van der Waals surface area contributed by atoms with Gasteiger partial charge in [0.1, 0.15) is 5.82 Å². The van der Waals surface area contributed by atoms with Gasteiger partial charge in [0.25, 0.3) is 0 Å². The molecule has 1 amide bonds. The Hall–Kier alpha value is -2.78. The van der Waals surface area contributed by atoms with Gasteiger partial charge in [-0.05, 0) is 24.1 Å². The fourth-order valence-electron chi connectivity index (χ4n) is 3.26. The Labute approximate surface area is 152 Å². The summed E-state index contributed by atoms with van der Waals surface area (Å²) < 4.78 is 50.9. The zero-order valence-electron chi connectivity index (χ0n) is 14.3. The molecule has 0 fully saturated rings. The maximum absolute atomic E-state index is 13.0. The minimum Gasteiger partial charge on any atom is -0.454 e. The van der Waals surface area contributed by atoms with Gasteiger partial charge in [0.15, 0.2) is 17.3 Å². The lowest BCUT2D eigenvalue weighted by Crippen LogP contribution is -2.34. The summed E-state index contributed by atoms with van der Waals surface area (Å²) in [6.45, 7) is -0.0257. The first-order valence-electron chi connectivity index (χ1n) is 8.53. The van der Waals surface area contributed by atoms with Gasteiger partial charge in [-0.15, -0.1) is 10.2 Å². The van der Waals surface area contributed by atoms with Crippen LogP contribution in [0.15, 0.2) is 18.2 Å². The minimum absolute atomic E-state index is 0.0120. The van der Waals surface area contributed by atoms with Crippen molar-refractivity contribution in [1.29, 1.82) is 0 Å². The number of nitrogens with zero attached hydrogens (tertiary/aromatic N) is 3. The van der Waals surface area contributed by atoms with Crippen LogP contribution >= 0.6 is 0 Å². The van der Waals surface area contributed by atoms with Gasteiger partial charge >= 0.3 is 6.18 Å². The zero-order valence-corrected chi connectivity index (χ0v) is 14.3. The first-order chi connectivity index (χ1) is 12.9. The van der Waals surface area contributed by atoms with Gasteiger partial charge in [0.2, 0.25) is 12.7 Å². The molecule has 0 saturated heterocycles. The average molecular weight is 382 g/mol. The molecular formula is C17H17F3N4O3. The Morgan fingerprint density at radius 3 is 2.89 bits per heavy atom. The average Bonchev–Trinajstić information content (AvgIpc) is 3.25. The molecule has 1 N–H and O–H groups in total. The summed E-state index contributed by atoms with van der Waals surface area (Å²) in [6.07, 6.45) is -3.90. The van der Waals surface area contributed by atoms with E-state index in [0.717, 1.165) is 5.56 Å². The summed E-state index contributed by atoms with van der Waals surface area (Å²) in [4.78, 5) is 12.2. The van der Waals surface area contributed by atoms with Crippen LogP contribution in [0.25, 0.3) is 0 Å². The molecule has 0 radical (unpaired) electrons. The predicted octanol–water partition coefficient (Wildman–Crippen LogP) is 1.99. The highest BCUT2D eigenvalue weighted by Crippen LogP contribution is 2.34. The number of aromatic nitrogens is 3. The van der Waals surface area contributed by atoms with Crippen molar-refractivity contribution in [3.8, 4) is 11.5 Å². The molecular weight excluding hydrogens is 365 g/mol. The van der Waals surface area contributed by atoms with E-state index in [4.69, 9.17) is 9.47 Å². The van der Waals surface area contributed by atoms with Crippen LogP contribution in [0.1, 0.15) is 23.6 Å². The number of rotatable bonds is 4. The fourth-order valence-corrected chi connectivity index (χ4v) is 3.26. The summed E-state index contributed by atoms with van der Waals surface area (Å²) in [5.74, 6) is 0.394. The minimum atomic E-state index is -4.25. The fraction of sp³-hybridized carbons (Fsp3) is 0.471. The lowest BCUT2D eigenvalue weighted by atomic mass is 9.99. The number of benzene rings is 1. The van der Waals surface area contributed by atoms with E-state index in [2.05, 4.69) is 15.5 Å². The standard InChI is InChI=1S/C17H17F3N4O3/c18-17(19,20)11-2-4-14-22-23-15(24(14)8-11)7-21-16(25)6-10-1-3-12-13(5-10)27-9-26-12/h1,3,5,11H,2,4,6-9H2,(H,21,25). The van der Waals surface area contributed by atoms with E-state index in [9.17, 15) is 18.0 Å². The summed E-state index contributed by atoms with van der Waals surface area (Å²) in [6, 6.07) is 5.23. The highest BCUT2D eigenvalue weighted by molar-refractivity contribution is 5.78. The molecule has 1 unspecified atom stereocenters. The summed E-state index contributed by atoms with van der Waals surface area (Å²) in [7, 11) is 0. The normalized spacial score (nSPS) is 18.3. The Balaban J connectivity index is 1.37. The molecule has 144 valence electrons. The Kier molecular flexibility index (Phi) is 4.40. The molecule has 1 aromatic carbocycles. The van der Waals surface area contributed by atoms with E-state index in [1.165, 1.54) is 4.57 Å².